The highest BCUT2D eigenvalue weighted by Gasteiger charge is 2.19. The van der Waals surface area contributed by atoms with Gasteiger partial charge in [-0.15, -0.1) is 0 Å². The first-order chi connectivity index (χ1) is 8.00. The molecule has 1 heterocycles. The maximum Gasteiger partial charge on any atom is 0.315 e. The number of halogens is 3. The number of fused-ring (bicyclic) bond motifs is 1. The van der Waals surface area contributed by atoms with Crippen LogP contribution in [-0.2, 0) is 11.8 Å². The molecule has 0 unspecified atom stereocenters. The van der Waals surface area contributed by atoms with Crippen molar-refractivity contribution < 1.29 is 13.6 Å². The molecule has 7 heteroatoms. The van der Waals surface area contributed by atoms with Crippen molar-refractivity contribution in [2.45, 2.75) is 6.43 Å². The molecule has 0 saturated carbocycles. The number of benzene rings is 1. The number of hydrogen-bond acceptors (Lipinski definition) is 2. The highest BCUT2D eigenvalue weighted by molar-refractivity contribution is 6.36. The van der Waals surface area contributed by atoms with E-state index in [4.69, 9.17) is 11.6 Å². The molecule has 0 spiro atoms. The number of anilines is 1. The number of nitrogens with zero attached hydrogens (tertiary/aromatic N) is 2. The Labute approximate surface area is 100 Å². The highest BCUT2D eigenvalue weighted by Crippen LogP contribution is 2.29. The van der Waals surface area contributed by atoms with Crippen molar-refractivity contribution in [3.05, 3.63) is 23.2 Å². The summed E-state index contributed by atoms with van der Waals surface area (Å²) in [6, 6.07) is 5.04. The second-order valence-electron chi connectivity index (χ2n) is 3.40. The lowest BCUT2D eigenvalue weighted by Crippen LogP contribution is -2.20. The molecule has 4 nitrogen and oxygen atoms in total. The van der Waals surface area contributed by atoms with E-state index in [1.807, 2.05) is 5.32 Å². The lowest BCUT2D eigenvalue weighted by molar-refractivity contribution is -0.126. The molecule has 0 radical (unpaired) electrons. The molecular weight excluding hydrogens is 252 g/mol. The van der Waals surface area contributed by atoms with Gasteiger partial charge in [-0.1, -0.05) is 17.7 Å². The molecule has 0 aliphatic carbocycles. The molecule has 0 bridgehead atoms. The van der Waals surface area contributed by atoms with Crippen molar-refractivity contribution in [3.8, 4) is 0 Å². The van der Waals surface area contributed by atoms with Crippen molar-refractivity contribution in [3.63, 3.8) is 0 Å². The Bertz CT molecular complexity index is 582. The van der Waals surface area contributed by atoms with E-state index in [2.05, 4.69) is 5.10 Å². The van der Waals surface area contributed by atoms with Gasteiger partial charge in [0.15, 0.2) is 5.82 Å². The second kappa shape index (κ2) is 4.29. The summed E-state index contributed by atoms with van der Waals surface area (Å²) in [5, 5.41) is 6.78. The summed E-state index contributed by atoms with van der Waals surface area (Å²) in [4.78, 5) is 10.9. The van der Waals surface area contributed by atoms with Gasteiger partial charge < -0.3 is 5.32 Å². The van der Waals surface area contributed by atoms with Crippen LogP contribution in [0.4, 0.5) is 14.6 Å². The molecule has 1 amide bonds. The summed E-state index contributed by atoms with van der Waals surface area (Å²) in [6.07, 6.45) is -3.09. The molecule has 0 fully saturated rings. The van der Waals surface area contributed by atoms with Gasteiger partial charge in [0.1, 0.15) is 0 Å². The summed E-state index contributed by atoms with van der Waals surface area (Å²) in [6.45, 7) is 0. The van der Waals surface area contributed by atoms with Gasteiger partial charge in [0.05, 0.1) is 15.9 Å². The van der Waals surface area contributed by atoms with Crippen LogP contribution in [0.5, 0.6) is 0 Å². The van der Waals surface area contributed by atoms with Gasteiger partial charge in [-0.25, -0.2) is 0 Å². The molecule has 0 aliphatic rings. The lowest BCUT2D eigenvalue weighted by atomic mass is 10.2. The standard InChI is InChI=1S/C10H8ClF2N3O/c1-16-6-4-2-3-5(11)7(6)9(15-16)14-10(17)8(12)13/h2-4,8H,1H3,(H,14,15,17). The quantitative estimate of drug-likeness (QED) is 0.900. The van der Waals surface area contributed by atoms with Crippen molar-refractivity contribution in [1.29, 1.82) is 0 Å². The summed E-state index contributed by atoms with van der Waals surface area (Å²) in [5.74, 6) is -1.36. The normalized spacial score (nSPS) is 11.1. The van der Waals surface area contributed by atoms with Crippen molar-refractivity contribution in [2.75, 3.05) is 5.32 Å². The van der Waals surface area contributed by atoms with Crippen LogP contribution in [-0.4, -0.2) is 22.1 Å². The summed E-state index contributed by atoms with van der Waals surface area (Å²) in [7, 11) is 1.64. The summed E-state index contributed by atoms with van der Waals surface area (Å²) in [5.41, 5.74) is 0.655. The van der Waals surface area contributed by atoms with E-state index < -0.39 is 12.3 Å². The van der Waals surface area contributed by atoms with Crippen LogP contribution in [0.25, 0.3) is 10.9 Å². The Hall–Kier alpha value is -1.69. The smallest absolute Gasteiger partial charge is 0.304 e. The number of amides is 1. The SMILES string of the molecule is Cn1nc(NC(=O)C(F)F)c2c(Cl)cccc21. The third kappa shape index (κ3) is 2.08. The maximum absolute atomic E-state index is 12.1. The minimum absolute atomic E-state index is 0.0402. The van der Waals surface area contributed by atoms with Crippen LogP contribution in [0, 0.1) is 0 Å². The zero-order valence-electron chi connectivity index (χ0n) is 8.75. The molecule has 0 atom stereocenters. The molecule has 1 aromatic carbocycles. The van der Waals surface area contributed by atoms with E-state index in [1.54, 1.807) is 25.2 Å². The topological polar surface area (TPSA) is 46.9 Å². The van der Waals surface area contributed by atoms with Crippen molar-refractivity contribution in [1.82, 2.24) is 9.78 Å². The number of aryl methyl sites for hydroxylation is 1. The van der Waals surface area contributed by atoms with Gasteiger partial charge in [-0.3, -0.25) is 9.48 Å². The van der Waals surface area contributed by atoms with Gasteiger partial charge >= 0.3 is 6.43 Å². The number of aromatic nitrogens is 2. The van der Waals surface area contributed by atoms with Crippen LogP contribution >= 0.6 is 11.6 Å². The molecule has 17 heavy (non-hydrogen) atoms. The van der Waals surface area contributed by atoms with Gasteiger partial charge in [0.2, 0.25) is 0 Å². The minimum Gasteiger partial charge on any atom is -0.304 e. The molecule has 2 rings (SSSR count). The van der Waals surface area contributed by atoms with Crippen molar-refractivity contribution in [2.24, 2.45) is 7.05 Å². The molecule has 1 N–H and O–H groups in total. The Kier molecular flexibility index (Phi) is 2.97. The van der Waals surface area contributed by atoms with E-state index in [1.165, 1.54) is 4.68 Å². The van der Waals surface area contributed by atoms with Crippen molar-refractivity contribution >= 4 is 34.2 Å². The second-order valence-corrected chi connectivity index (χ2v) is 3.80. The average Bonchev–Trinajstić information content (AvgIpc) is 2.57. The van der Waals surface area contributed by atoms with Crippen LogP contribution in [0.15, 0.2) is 18.2 Å². The first-order valence-electron chi connectivity index (χ1n) is 4.71. The predicted molar refractivity (Wildman–Crippen MR) is 60.4 cm³/mol. The molecule has 2 aromatic rings. The van der Waals surface area contributed by atoms with Crippen LogP contribution in [0.1, 0.15) is 0 Å². The van der Waals surface area contributed by atoms with E-state index in [0.29, 0.717) is 15.9 Å². The third-order valence-corrected chi connectivity index (χ3v) is 2.58. The number of alkyl halides is 2. The lowest BCUT2D eigenvalue weighted by Gasteiger charge is -2.01. The van der Waals surface area contributed by atoms with Gasteiger partial charge in [-0.05, 0) is 12.1 Å². The van der Waals surface area contributed by atoms with Gasteiger partial charge in [-0.2, -0.15) is 13.9 Å². The first-order valence-corrected chi connectivity index (χ1v) is 5.08. The molecule has 0 aliphatic heterocycles. The highest BCUT2D eigenvalue weighted by atomic mass is 35.5. The van der Waals surface area contributed by atoms with E-state index >= 15 is 0 Å². The third-order valence-electron chi connectivity index (χ3n) is 2.27. The maximum atomic E-state index is 12.1. The number of carbonyl (C=O) groups is 1. The van der Waals surface area contributed by atoms with Crippen LogP contribution in [0.2, 0.25) is 5.02 Å². The molecular formula is C10H8ClF2N3O. The Morgan fingerprint density at radius 1 is 1.53 bits per heavy atom. The zero-order valence-corrected chi connectivity index (χ0v) is 9.50. The van der Waals surface area contributed by atoms with E-state index in [-0.39, 0.29) is 5.82 Å². The molecule has 90 valence electrons. The first kappa shape index (κ1) is 11.8. The Balaban J connectivity index is 2.51. The van der Waals surface area contributed by atoms with Gasteiger partial charge in [0.25, 0.3) is 5.91 Å². The number of nitrogens with one attached hydrogen (secondary N) is 1. The fourth-order valence-electron chi connectivity index (χ4n) is 1.53. The Morgan fingerprint density at radius 3 is 2.88 bits per heavy atom. The number of hydrogen-bond donors (Lipinski definition) is 1. The summed E-state index contributed by atoms with van der Waals surface area (Å²) < 4.78 is 25.7. The van der Waals surface area contributed by atoms with E-state index in [0.717, 1.165) is 0 Å². The van der Waals surface area contributed by atoms with E-state index in [9.17, 15) is 13.6 Å². The van der Waals surface area contributed by atoms with Crippen LogP contribution in [0.3, 0.4) is 0 Å². The number of carbonyl (C=O) groups excluding carboxylic acids is 1. The summed E-state index contributed by atoms with van der Waals surface area (Å²) >= 11 is 5.95. The molecule has 1 aromatic heterocycles. The minimum atomic E-state index is -3.09. The fourth-order valence-corrected chi connectivity index (χ4v) is 1.79. The average molecular weight is 260 g/mol. The molecule has 0 saturated heterocycles. The predicted octanol–water partition coefficient (Wildman–Crippen LogP) is 2.43. The Morgan fingerprint density at radius 2 is 2.24 bits per heavy atom. The van der Waals surface area contributed by atoms with Gasteiger partial charge in [0, 0.05) is 7.05 Å². The fraction of sp³-hybridized carbons (Fsp3) is 0.200. The zero-order chi connectivity index (χ0) is 12.6. The van der Waals surface area contributed by atoms with Crippen LogP contribution < -0.4 is 5.32 Å². The number of rotatable bonds is 2. The largest absolute Gasteiger partial charge is 0.315 e. The monoisotopic (exact) mass is 259 g/mol.